The van der Waals surface area contributed by atoms with Crippen molar-refractivity contribution >= 4 is 39.2 Å². The number of amides is 1. The molecule has 3 aromatic rings. The number of aromatic nitrogens is 1. The van der Waals surface area contributed by atoms with Crippen LogP contribution < -0.4 is 10.9 Å². The molecule has 1 aromatic heterocycles. The van der Waals surface area contributed by atoms with Crippen LogP contribution in [0.5, 0.6) is 0 Å². The minimum atomic E-state index is -0.420. The lowest BCUT2D eigenvalue weighted by Gasteiger charge is -2.06. The van der Waals surface area contributed by atoms with Crippen LogP contribution in [0.1, 0.15) is 23.2 Å². The van der Waals surface area contributed by atoms with Crippen molar-refractivity contribution in [2.45, 2.75) is 19.4 Å². The number of methoxy groups -OCH3 is 1. The fourth-order valence-corrected chi connectivity index (χ4v) is 3.61. The van der Waals surface area contributed by atoms with Crippen molar-refractivity contribution in [3.8, 4) is 0 Å². The molecular formula is C19H18N2O4S. The summed E-state index contributed by atoms with van der Waals surface area (Å²) < 4.78 is 7.27. The first-order valence-electron chi connectivity index (χ1n) is 8.15. The van der Waals surface area contributed by atoms with Crippen LogP contribution in [-0.4, -0.2) is 22.9 Å². The predicted octanol–water partition coefficient (Wildman–Crippen LogP) is 3.27. The van der Waals surface area contributed by atoms with Gasteiger partial charge in [-0.3, -0.25) is 13.5 Å². The highest BCUT2D eigenvalue weighted by Gasteiger charge is 2.09. The second-order valence-electron chi connectivity index (χ2n) is 5.72. The molecule has 134 valence electrons. The van der Waals surface area contributed by atoms with Crippen LogP contribution in [0.3, 0.4) is 0 Å². The van der Waals surface area contributed by atoms with Gasteiger partial charge in [-0.05, 0) is 42.8 Å². The summed E-state index contributed by atoms with van der Waals surface area (Å²) in [7, 11) is 1.32. The molecule has 3 rings (SSSR count). The molecule has 0 aliphatic carbocycles. The second kappa shape index (κ2) is 7.97. The number of nitrogens with zero attached hydrogens (tertiary/aromatic N) is 1. The first-order chi connectivity index (χ1) is 12.6. The number of aryl methyl sites for hydroxylation is 1. The van der Waals surface area contributed by atoms with E-state index in [9.17, 15) is 14.4 Å². The zero-order valence-electron chi connectivity index (χ0n) is 14.2. The molecule has 1 N–H and O–H groups in total. The van der Waals surface area contributed by atoms with Gasteiger partial charge in [0.25, 0.3) is 5.56 Å². The molecule has 0 atom stereocenters. The van der Waals surface area contributed by atoms with E-state index in [-0.39, 0.29) is 11.5 Å². The van der Waals surface area contributed by atoms with Crippen molar-refractivity contribution in [1.29, 1.82) is 0 Å². The fourth-order valence-electron chi connectivity index (χ4n) is 2.58. The molecule has 1 heterocycles. The summed E-state index contributed by atoms with van der Waals surface area (Å²) in [6.07, 6.45) is 0.873. The van der Waals surface area contributed by atoms with E-state index in [1.807, 2.05) is 24.3 Å². The molecule has 0 aliphatic heterocycles. The number of hydrogen-bond donors (Lipinski definition) is 1. The minimum Gasteiger partial charge on any atom is -0.465 e. The lowest BCUT2D eigenvalue weighted by atomic mass is 10.2. The topological polar surface area (TPSA) is 77.4 Å². The fraction of sp³-hybridized carbons (Fsp3) is 0.211. The van der Waals surface area contributed by atoms with Crippen molar-refractivity contribution in [1.82, 2.24) is 3.96 Å². The van der Waals surface area contributed by atoms with Crippen molar-refractivity contribution < 1.29 is 14.3 Å². The van der Waals surface area contributed by atoms with Gasteiger partial charge in [0, 0.05) is 18.7 Å². The van der Waals surface area contributed by atoms with Crippen molar-refractivity contribution in [2.75, 3.05) is 12.4 Å². The standard InChI is InChI=1S/C19H18N2O4S/c1-25-19(24)13-8-10-14(11-9-13)20-17(22)7-4-12-21-18(23)15-5-2-3-6-16(15)26-21/h2-3,5-6,8-11H,4,7,12H2,1H3,(H,20,22). The maximum Gasteiger partial charge on any atom is 0.337 e. The molecule has 7 heteroatoms. The second-order valence-corrected chi connectivity index (χ2v) is 6.78. The van der Waals surface area contributed by atoms with Crippen LogP contribution in [0, 0.1) is 0 Å². The van der Waals surface area contributed by atoms with E-state index in [0.717, 1.165) is 4.70 Å². The summed E-state index contributed by atoms with van der Waals surface area (Å²) in [6, 6.07) is 14.0. The Labute approximate surface area is 154 Å². The molecule has 26 heavy (non-hydrogen) atoms. The van der Waals surface area contributed by atoms with E-state index in [1.165, 1.54) is 18.6 Å². The van der Waals surface area contributed by atoms with Gasteiger partial charge in [0.2, 0.25) is 5.91 Å². The molecule has 1 amide bonds. The number of anilines is 1. The molecule has 0 radical (unpaired) electrons. The Morgan fingerprint density at radius 3 is 2.54 bits per heavy atom. The van der Waals surface area contributed by atoms with Crippen molar-refractivity contribution in [3.63, 3.8) is 0 Å². The first-order valence-corrected chi connectivity index (χ1v) is 8.93. The molecule has 0 unspecified atom stereocenters. The molecule has 0 aliphatic rings. The summed E-state index contributed by atoms with van der Waals surface area (Å²) >= 11 is 1.41. The highest BCUT2D eigenvalue weighted by Crippen LogP contribution is 2.16. The summed E-state index contributed by atoms with van der Waals surface area (Å²) in [5.41, 5.74) is 1.03. The Kier molecular flexibility index (Phi) is 5.48. The number of carbonyl (C=O) groups is 2. The van der Waals surface area contributed by atoms with Crippen molar-refractivity contribution in [3.05, 3.63) is 64.4 Å². The van der Waals surface area contributed by atoms with Crippen LogP contribution >= 0.6 is 11.5 Å². The number of nitrogens with one attached hydrogen (secondary N) is 1. The average molecular weight is 370 g/mol. The van der Waals surface area contributed by atoms with Crippen molar-refractivity contribution in [2.24, 2.45) is 0 Å². The number of carbonyl (C=O) groups excluding carboxylic acids is 2. The normalized spacial score (nSPS) is 10.7. The number of hydrogen-bond acceptors (Lipinski definition) is 5. The van der Waals surface area contributed by atoms with E-state index in [4.69, 9.17) is 0 Å². The Morgan fingerprint density at radius 1 is 1.12 bits per heavy atom. The van der Waals surface area contributed by atoms with E-state index in [2.05, 4.69) is 10.1 Å². The van der Waals surface area contributed by atoms with E-state index < -0.39 is 5.97 Å². The Balaban J connectivity index is 1.53. The number of esters is 1. The molecule has 0 bridgehead atoms. The quantitative estimate of drug-likeness (QED) is 0.676. The molecule has 0 fully saturated rings. The van der Waals surface area contributed by atoms with Crippen LogP contribution in [0.15, 0.2) is 53.3 Å². The van der Waals surface area contributed by atoms with Gasteiger partial charge in [0.05, 0.1) is 22.8 Å². The molecule has 2 aromatic carbocycles. The maximum atomic E-state index is 12.2. The van der Waals surface area contributed by atoms with E-state index in [0.29, 0.717) is 36.0 Å². The highest BCUT2D eigenvalue weighted by molar-refractivity contribution is 7.13. The van der Waals surface area contributed by atoms with E-state index >= 15 is 0 Å². The predicted molar refractivity (Wildman–Crippen MR) is 102 cm³/mol. The Morgan fingerprint density at radius 2 is 1.85 bits per heavy atom. The third-order valence-corrected chi connectivity index (χ3v) is 5.03. The van der Waals surface area contributed by atoms with Gasteiger partial charge in [0.15, 0.2) is 0 Å². The lowest BCUT2D eigenvalue weighted by molar-refractivity contribution is -0.116. The lowest BCUT2D eigenvalue weighted by Crippen LogP contribution is -2.16. The van der Waals surface area contributed by atoms with Gasteiger partial charge < -0.3 is 10.1 Å². The highest BCUT2D eigenvalue weighted by atomic mass is 32.1. The van der Waals surface area contributed by atoms with Gasteiger partial charge >= 0.3 is 5.97 Å². The number of fused-ring (bicyclic) bond motifs is 1. The number of rotatable bonds is 6. The molecular weight excluding hydrogens is 352 g/mol. The summed E-state index contributed by atoms with van der Waals surface area (Å²) in [5, 5.41) is 3.49. The maximum absolute atomic E-state index is 12.2. The smallest absolute Gasteiger partial charge is 0.337 e. The molecule has 0 saturated heterocycles. The number of ether oxygens (including phenoxy) is 1. The zero-order valence-corrected chi connectivity index (χ0v) is 15.0. The van der Waals surface area contributed by atoms with Crippen LogP contribution in [0.25, 0.3) is 10.1 Å². The van der Waals surface area contributed by atoms with Gasteiger partial charge in [-0.15, -0.1) is 0 Å². The SMILES string of the molecule is COC(=O)c1ccc(NC(=O)CCCn2sc3ccccc3c2=O)cc1. The van der Waals surface area contributed by atoms with Crippen LogP contribution in [0.2, 0.25) is 0 Å². The molecule has 0 saturated carbocycles. The Hall–Kier alpha value is -2.93. The third kappa shape index (κ3) is 4.00. The average Bonchev–Trinajstić information content (AvgIpc) is 2.98. The first kappa shape index (κ1) is 17.9. The summed E-state index contributed by atoms with van der Waals surface area (Å²) in [4.78, 5) is 35.7. The molecule has 6 nitrogen and oxygen atoms in total. The third-order valence-electron chi connectivity index (χ3n) is 3.91. The van der Waals surface area contributed by atoms with Crippen LogP contribution in [-0.2, 0) is 16.1 Å². The number of benzene rings is 2. The van der Waals surface area contributed by atoms with Crippen LogP contribution in [0.4, 0.5) is 5.69 Å². The monoisotopic (exact) mass is 370 g/mol. The van der Waals surface area contributed by atoms with Gasteiger partial charge in [0.1, 0.15) is 0 Å². The van der Waals surface area contributed by atoms with Gasteiger partial charge in [-0.2, -0.15) is 0 Å². The van der Waals surface area contributed by atoms with E-state index in [1.54, 1.807) is 28.2 Å². The van der Waals surface area contributed by atoms with Gasteiger partial charge in [-0.1, -0.05) is 23.7 Å². The zero-order chi connectivity index (χ0) is 18.5. The summed E-state index contributed by atoms with van der Waals surface area (Å²) in [6.45, 7) is 0.507. The van der Waals surface area contributed by atoms with Gasteiger partial charge in [-0.25, -0.2) is 4.79 Å². The molecule has 0 spiro atoms. The Bertz CT molecular complexity index is 989. The minimum absolute atomic E-state index is 0.00981. The summed E-state index contributed by atoms with van der Waals surface area (Å²) in [5.74, 6) is -0.554. The largest absolute Gasteiger partial charge is 0.465 e.